The Morgan fingerprint density at radius 3 is 2.56 bits per heavy atom. The number of nitrogens with zero attached hydrogens (tertiary/aromatic N) is 2. The molecule has 0 fully saturated rings. The fourth-order valence-corrected chi connectivity index (χ4v) is 2.79. The van der Waals surface area contributed by atoms with Crippen LogP contribution >= 0.6 is 0 Å². The van der Waals surface area contributed by atoms with E-state index in [2.05, 4.69) is 20.6 Å². The van der Waals surface area contributed by atoms with Crippen LogP contribution in [0.4, 0.5) is 17.2 Å². The average molecular weight is 334 g/mol. The van der Waals surface area contributed by atoms with Crippen LogP contribution in [0.15, 0.2) is 54.9 Å². The lowest BCUT2D eigenvalue weighted by Gasteiger charge is -2.13. The van der Waals surface area contributed by atoms with Crippen molar-refractivity contribution < 1.29 is 4.79 Å². The van der Waals surface area contributed by atoms with Gasteiger partial charge in [-0.25, -0.2) is 4.98 Å². The zero-order valence-electron chi connectivity index (χ0n) is 14.5. The van der Waals surface area contributed by atoms with E-state index in [0.29, 0.717) is 5.82 Å². The quantitative estimate of drug-likeness (QED) is 0.683. The van der Waals surface area contributed by atoms with Crippen molar-refractivity contribution in [1.29, 1.82) is 0 Å². The zero-order valence-corrected chi connectivity index (χ0v) is 14.5. The predicted molar refractivity (Wildman–Crippen MR) is 102 cm³/mol. The summed E-state index contributed by atoms with van der Waals surface area (Å²) in [6, 6.07) is 13.7. The van der Waals surface area contributed by atoms with Crippen LogP contribution in [-0.4, -0.2) is 15.9 Å². The summed E-state index contributed by atoms with van der Waals surface area (Å²) in [5.41, 5.74) is 2.68. The van der Waals surface area contributed by atoms with Gasteiger partial charge in [-0.15, -0.1) is 0 Å². The third kappa shape index (κ3) is 3.94. The Morgan fingerprint density at radius 1 is 1.04 bits per heavy atom. The second kappa shape index (κ2) is 7.75. The number of anilines is 3. The molecule has 0 atom stereocenters. The smallest absolute Gasteiger partial charge is 0.228 e. The van der Waals surface area contributed by atoms with Gasteiger partial charge in [0.25, 0.3) is 0 Å². The van der Waals surface area contributed by atoms with Gasteiger partial charge in [0.2, 0.25) is 5.91 Å². The van der Waals surface area contributed by atoms with Crippen molar-refractivity contribution in [3.8, 4) is 0 Å². The highest BCUT2D eigenvalue weighted by atomic mass is 16.1. The van der Waals surface area contributed by atoms with Crippen LogP contribution in [0.3, 0.4) is 0 Å². The molecular weight excluding hydrogens is 312 g/mol. The second-order valence-electron chi connectivity index (χ2n) is 5.94. The molecule has 2 N–H and O–H groups in total. The molecule has 128 valence electrons. The van der Waals surface area contributed by atoms with Gasteiger partial charge in [-0.2, -0.15) is 0 Å². The molecule has 1 aromatic carbocycles. The van der Waals surface area contributed by atoms with Crippen molar-refractivity contribution in [2.24, 2.45) is 5.92 Å². The van der Waals surface area contributed by atoms with Gasteiger partial charge in [-0.05, 0) is 37.1 Å². The molecular formula is C20H22N4O. The number of amides is 1. The summed E-state index contributed by atoms with van der Waals surface area (Å²) in [5.74, 6) is 0.622. The number of pyridine rings is 2. The molecule has 3 aromatic rings. The fraction of sp³-hybridized carbons (Fsp3) is 0.250. The molecule has 2 heterocycles. The summed E-state index contributed by atoms with van der Waals surface area (Å²) >= 11 is 0. The SMILES string of the molecule is CCC(CC)C(=O)Nc1ccc(Nc2cccc3cccnc23)cn1. The van der Waals surface area contributed by atoms with E-state index in [1.54, 1.807) is 18.5 Å². The summed E-state index contributed by atoms with van der Waals surface area (Å²) in [5, 5.41) is 7.29. The van der Waals surface area contributed by atoms with Crippen LogP contribution in [0.5, 0.6) is 0 Å². The van der Waals surface area contributed by atoms with Crippen molar-refractivity contribution in [3.05, 3.63) is 54.9 Å². The third-order valence-corrected chi connectivity index (χ3v) is 4.28. The first kappa shape index (κ1) is 16.9. The number of carbonyl (C=O) groups is 1. The topological polar surface area (TPSA) is 66.9 Å². The first-order valence-electron chi connectivity index (χ1n) is 8.59. The van der Waals surface area contributed by atoms with E-state index in [4.69, 9.17) is 0 Å². The van der Waals surface area contributed by atoms with E-state index in [-0.39, 0.29) is 11.8 Å². The Morgan fingerprint density at radius 2 is 1.84 bits per heavy atom. The number of rotatable bonds is 6. The predicted octanol–water partition coefficient (Wildman–Crippen LogP) is 4.75. The first-order chi connectivity index (χ1) is 12.2. The maximum absolute atomic E-state index is 12.1. The molecule has 2 aromatic heterocycles. The molecule has 0 bridgehead atoms. The first-order valence-corrected chi connectivity index (χ1v) is 8.59. The summed E-state index contributed by atoms with van der Waals surface area (Å²) in [6.45, 7) is 4.04. The van der Waals surface area contributed by atoms with Crippen LogP contribution < -0.4 is 10.6 Å². The van der Waals surface area contributed by atoms with Crippen molar-refractivity contribution in [1.82, 2.24) is 9.97 Å². The highest BCUT2D eigenvalue weighted by molar-refractivity contribution is 5.93. The number of aromatic nitrogens is 2. The van der Waals surface area contributed by atoms with Crippen molar-refractivity contribution in [2.45, 2.75) is 26.7 Å². The molecule has 0 saturated carbocycles. The minimum absolute atomic E-state index is 0.0245. The van der Waals surface area contributed by atoms with Gasteiger partial charge < -0.3 is 10.6 Å². The molecule has 5 heteroatoms. The van der Waals surface area contributed by atoms with Gasteiger partial charge in [-0.1, -0.05) is 32.0 Å². The van der Waals surface area contributed by atoms with E-state index in [0.717, 1.165) is 35.1 Å². The highest BCUT2D eigenvalue weighted by Gasteiger charge is 2.14. The Labute approximate surface area is 147 Å². The number of para-hydroxylation sites is 1. The Kier molecular flexibility index (Phi) is 5.23. The number of nitrogens with one attached hydrogen (secondary N) is 2. The van der Waals surface area contributed by atoms with E-state index < -0.39 is 0 Å². The highest BCUT2D eigenvalue weighted by Crippen LogP contribution is 2.24. The minimum Gasteiger partial charge on any atom is -0.352 e. The van der Waals surface area contributed by atoms with E-state index in [1.807, 2.05) is 50.2 Å². The summed E-state index contributed by atoms with van der Waals surface area (Å²) in [4.78, 5) is 20.9. The minimum atomic E-state index is 0.0245. The molecule has 3 rings (SSSR count). The Hall–Kier alpha value is -2.95. The third-order valence-electron chi connectivity index (χ3n) is 4.28. The Balaban J connectivity index is 1.73. The van der Waals surface area contributed by atoms with Crippen molar-refractivity contribution in [3.63, 3.8) is 0 Å². The molecule has 0 spiro atoms. The summed E-state index contributed by atoms with van der Waals surface area (Å²) in [7, 11) is 0. The maximum atomic E-state index is 12.1. The number of benzene rings is 1. The molecule has 5 nitrogen and oxygen atoms in total. The van der Waals surface area contributed by atoms with Crippen LogP contribution in [-0.2, 0) is 4.79 Å². The second-order valence-corrected chi connectivity index (χ2v) is 5.94. The van der Waals surface area contributed by atoms with Gasteiger partial charge >= 0.3 is 0 Å². The van der Waals surface area contributed by atoms with Gasteiger partial charge in [0.05, 0.1) is 23.1 Å². The van der Waals surface area contributed by atoms with Gasteiger partial charge in [-0.3, -0.25) is 9.78 Å². The van der Waals surface area contributed by atoms with Crippen LogP contribution in [0.25, 0.3) is 10.9 Å². The van der Waals surface area contributed by atoms with Gasteiger partial charge in [0, 0.05) is 17.5 Å². The summed E-state index contributed by atoms with van der Waals surface area (Å²) < 4.78 is 0. The monoisotopic (exact) mass is 334 g/mol. The average Bonchev–Trinajstić information content (AvgIpc) is 2.65. The van der Waals surface area contributed by atoms with Gasteiger partial charge in [0.1, 0.15) is 5.82 Å². The molecule has 0 aliphatic heterocycles. The van der Waals surface area contributed by atoms with Crippen molar-refractivity contribution >= 4 is 34.0 Å². The number of fused-ring (bicyclic) bond motifs is 1. The molecule has 1 amide bonds. The van der Waals surface area contributed by atoms with E-state index in [1.165, 1.54) is 0 Å². The standard InChI is InChI=1S/C20H22N4O/c1-3-14(4-2)20(25)24-18-11-10-16(13-22-18)23-17-9-5-7-15-8-6-12-21-19(15)17/h5-14,23H,3-4H2,1-2H3,(H,22,24,25). The van der Waals surface area contributed by atoms with Crippen molar-refractivity contribution in [2.75, 3.05) is 10.6 Å². The summed E-state index contributed by atoms with van der Waals surface area (Å²) in [6.07, 6.45) is 5.15. The van der Waals surface area contributed by atoms with Gasteiger partial charge in [0.15, 0.2) is 0 Å². The molecule has 0 radical (unpaired) electrons. The zero-order chi connectivity index (χ0) is 17.6. The van der Waals surface area contributed by atoms with Crippen LogP contribution in [0.1, 0.15) is 26.7 Å². The number of carbonyl (C=O) groups excluding carboxylic acids is 1. The normalized spacial score (nSPS) is 10.8. The van der Waals surface area contributed by atoms with Crippen LogP contribution in [0, 0.1) is 5.92 Å². The van der Waals surface area contributed by atoms with Crippen LogP contribution in [0.2, 0.25) is 0 Å². The number of hydrogen-bond donors (Lipinski definition) is 2. The largest absolute Gasteiger partial charge is 0.352 e. The lowest BCUT2D eigenvalue weighted by Crippen LogP contribution is -2.22. The Bertz CT molecular complexity index is 852. The lowest BCUT2D eigenvalue weighted by atomic mass is 10.0. The van der Waals surface area contributed by atoms with E-state index in [9.17, 15) is 4.79 Å². The maximum Gasteiger partial charge on any atom is 0.228 e. The molecule has 0 aliphatic carbocycles. The van der Waals surface area contributed by atoms with E-state index >= 15 is 0 Å². The number of hydrogen-bond acceptors (Lipinski definition) is 4. The fourth-order valence-electron chi connectivity index (χ4n) is 2.79. The molecule has 0 unspecified atom stereocenters. The molecule has 0 aliphatic rings. The molecule has 0 saturated heterocycles. The lowest BCUT2D eigenvalue weighted by molar-refractivity contribution is -0.120. The molecule has 25 heavy (non-hydrogen) atoms.